The lowest BCUT2D eigenvalue weighted by molar-refractivity contribution is -0.114. The van der Waals surface area contributed by atoms with Gasteiger partial charge in [0.15, 0.2) is 0 Å². The fourth-order valence-corrected chi connectivity index (χ4v) is 3.72. The highest BCUT2D eigenvalue weighted by atomic mass is 16.5. The van der Waals surface area contributed by atoms with Crippen LogP contribution in [-0.2, 0) is 9.53 Å². The van der Waals surface area contributed by atoms with Crippen molar-refractivity contribution in [2.45, 2.75) is 78.1 Å². The molecule has 164 valence electrons. The van der Waals surface area contributed by atoms with Gasteiger partial charge in [0.2, 0.25) is 5.91 Å². The fourth-order valence-electron chi connectivity index (χ4n) is 3.72. The SMILES string of the molecule is CCCCCCCCCCCCOc1ccc(N2CCOCC2)cc1NC(C)=O. The summed E-state index contributed by atoms with van der Waals surface area (Å²) < 4.78 is 11.4. The highest BCUT2D eigenvalue weighted by Crippen LogP contribution is 2.30. The molecule has 1 N–H and O–H groups in total. The number of hydrogen-bond donors (Lipinski definition) is 1. The average molecular weight is 405 g/mol. The van der Waals surface area contributed by atoms with Crippen molar-refractivity contribution in [3.05, 3.63) is 18.2 Å². The third-order valence-electron chi connectivity index (χ3n) is 5.41. The van der Waals surface area contributed by atoms with E-state index in [-0.39, 0.29) is 5.91 Å². The molecule has 29 heavy (non-hydrogen) atoms. The molecule has 0 bridgehead atoms. The zero-order valence-corrected chi connectivity index (χ0v) is 18.5. The number of benzene rings is 1. The molecule has 1 saturated heterocycles. The third kappa shape index (κ3) is 9.53. The van der Waals surface area contributed by atoms with E-state index in [1.807, 2.05) is 12.1 Å². The number of carbonyl (C=O) groups is 1. The van der Waals surface area contributed by atoms with E-state index in [2.05, 4.69) is 23.2 Å². The molecule has 0 spiro atoms. The first kappa shape index (κ1) is 23.5. The topological polar surface area (TPSA) is 50.8 Å². The molecular formula is C24H40N2O3. The van der Waals surface area contributed by atoms with Crippen molar-refractivity contribution in [3.63, 3.8) is 0 Å². The fraction of sp³-hybridized carbons (Fsp3) is 0.708. The lowest BCUT2D eigenvalue weighted by Crippen LogP contribution is -2.36. The van der Waals surface area contributed by atoms with Gasteiger partial charge in [-0.25, -0.2) is 0 Å². The summed E-state index contributed by atoms with van der Waals surface area (Å²) in [5, 5.41) is 2.92. The Hall–Kier alpha value is -1.75. The number of nitrogens with one attached hydrogen (secondary N) is 1. The van der Waals surface area contributed by atoms with Crippen molar-refractivity contribution in [2.75, 3.05) is 43.1 Å². The van der Waals surface area contributed by atoms with E-state index in [1.54, 1.807) is 0 Å². The standard InChI is InChI=1S/C24H40N2O3/c1-3-4-5-6-7-8-9-10-11-12-17-29-24-14-13-22(20-23(24)25-21(2)27)26-15-18-28-19-16-26/h13-14,20H,3-12,15-19H2,1-2H3,(H,25,27). The summed E-state index contributed by atoms with van der Waals surface area (Å²) >= 11 is 0. The molecule has 1 amide bonds. The molecular weight excluding hydrogens is 364 g/mol. The number of anilines is 2. The number of rotatable bonds is 14. The summed E-state index contributed by atoms with van der Waals surface area (Å²) in [5.41, 5.74) is 1.86. The van der Waals surface area contributed by atoms with Crippen molar-refractivity contribution >= 4 is 17.3 Å². The second-order valence-electron chi connectivity index (χ2n) is 7.99. The van der Waals surface area contributed by atoms with E-state index in [9.17, 15) is 4.79 Å². The van der Waals surface area contributed by atoms with Crippen molar-refractivity contribution in [2.24, 2.45) is 0 Å². The molecule has 5 heteroatoms. The van der Waals surface area contributed by atoms with Crippen molar-refractivity contribution < 1.29 is 14.3 Å². The highest BCUT2D eigenvalue weighted by Gasteiger charge is 2.14. The third-order valence-corrected chi connectivity index (χ3v) is 5.41. The Morgan fingerprint density at radius 1 is 1.00 bits per heavy atom. The quantitative estimate of drug-likeness (QED) is 0.399. The minimum absolute atomic E-state index is 0.0760. The molecule has 1 aliphatic rings. The minimum atomic E-state index is -0.0760. The highest BCUT2D eigenvalue weighted by molar-refractivity contribution is 5.91. The Morgan fingerprint density at radius 2 is 1.62 bits per heavy atom. The predicted octanol–water partition coefficient (Wildman–Crippen LogP) is 5.78. The number of morpholine rings is 1. The van der Waals surface area contributed by atoms with Crippen molar-refractivity contribution in [1.82, 2.24) is 0 Å². The van der Waals surface area contributed by atoms with Crippen LogP contribution in [0, 0.1) is 0 Å². The van der Waals surface area contributed by atoms with Gasteiger partial charge in [-0.15, -0.1) is 0 Å². The van der Waals surface area contributed by atoms with Gasteiger partial charge in [-0.05, 0) is 24.6 Å². The largest absolute Gasteiger partial charge is 0.491 e. The van der Waals surface area contributed by atoms with E-state index in [0.717, 1.165) is 49.8 Å². The number of hydrogen-bond acceptors (Lipinski definition) is 4. The molecule has 0 aromatic heterocycles. The summed E-state index contributed by atoms with van der Waals surface area (Å²) in [6.07, 6.45) is 13.1. The molecule has 0 saturated carbocycles. The van der Waals surface area contributed by atoms with Crippen LogP contribution in [0.1, 0.15) is 78.1 Å². The smallest absolute Gasteiger partial charge is 0.221 e. The Balaban J connectivity index is 1.70. The second kappa shape index (κ2) is 14.3. The zero-order chi connectivity index (χ0) is 20.7. The number of nitrogens with zero attached hydrogens (tertiary/aromatic N) is 1. The van der Waals surface area contributed by atoms with Crippen LogP contribution < -0.4 is 15.0 Å². The Kier molecular flexibility index (Phi) is 11.6. The predicted molar refractivity (Wildman–Crippen MR) is 121 cm³/mol. The van der Waals surface area contributed by atoms with Crippen molar-refractivity contribution in [3.8, 4) is 5.75 Å². The maximum atomic E-state index is 11.6. The first-order valence-corrected chi connectivity index (χ1v) is 11.6. The summed E-state index contributed by atoms with van der Waals surface area (Å²) in [7, 11) is 0. The molecule has 5 nitrogen and oxygen atoms in total. The van der Waals surface area contributed by atoms with Gasteiger partial charge in [-0.1, -0.05) is 64.7 Å². The van der Waals surface area contributed by atoms with Gasteiger partial charge in [0.25, 0.3) is 0 Å². The Labute approximate surface area is 177 Å². The van der Waals surface area contributed by atoms with Gasteiger partial charge in [0.05, 0.1) is 25.5 Å². The van der Waals surface area contributed by atoms with E-state index in [4.69, 9.17) is 9.47 Å². The number of amides is 1. The van der Waals surface area contributed by atoms with E-state index >= 15 is 0 Å². The van der Waals surface area contributed by atoms with Crippen LogP contribution >= 0.6 is 0 Å². The molecule has 2 rings (SSSR count). The lowest BCUT2D eigenvalue weighted by Gasteiger charge is -2.29. The van der Waals surface area contributed by atoms with Crippen LogP contribution in [0.3, 0.4) is 0 Å². The normalized spacial score (nSPS) is 14.1. The first-order valence-electron chi connectivity index (χ1n) is 11.6. The maximum absolute atomic E-state index is 11.6. The number of ether oxygens (including phenoxy) is 2. The van der Waals surface area contributed by atoms with Gasteiger partial charge in [-0.3, -0.25) is 4.79 Å². The van der Waals surface area contributed by atoms with Crippen LogP contribution in [0.25, 0.3) is 0 Å². The van der Waals surface area contributed by atoms with Gasteiger partial charge in [0.1, 0.15) is 5.75 Å². The maximum Gasteiger partial charge on any atom is 0.221 e. The summed E-state index contributed by atoms with van der Waals surface area (Å²) in [6, 6.07) is 6.07. The Morgan fingerprint density at radius 3 is 2.24 bits per heavy atom. The first-order chi connectivity index (χ1) is 14.2. The number of carbonyl (C=O) groups excluding carboxylic acids is 1. The average Bonchev–Trinajstić information content (AvgIpc) is 2.73. The van der Waals surface area contributed by atoms with Crippen LogP contribution in [0.15, 0.2) is 18.2 Å². The summed E-state index contributed by atoms with van der Waals surface area (Å²) in [4.78, 5) is 13.9. The van der Waals surface area contributed by atoms with Gasteiger partial charge >= 0.3 is 0 Å². The molecule has 1 aromatic rings. The van der Waals surface area contributed by atoms with Gasteiger partial charge in [0, 0.05) is 25.7 Å². The Bertz CT molecular complexity index is 585. The monoisotopic (exact) mass is 404 g/mol. The molecule has 1 aromatic carbocycles. The molecule has 0 unspecified atom stereocenters. The van der Waals surface area contributed by atoms with E-state index in [0.29, 0.717) is 6.61 Å². The minimum Gasteiger partial charge on any atom is -0.491 e. The molecule has 1 aliphatic heterocycles. The van der Waals surface area contributed by atoms with Crippen LogP contribution in [0.5, 0.6) is 5.75 Å². The summed E-state index contributed by atoms with van der Waals surface area (Å²) in [6.45, 7) is 7.72. The summed E-state index contributed by atoms with van der Waals surface area (Å²) in [5.74, 6) is 0.682. The second-order valence-corrected chi connectivity index (χ2v) is 7.99. The number of unbranched alkanes of at least 4 members (excludes halogenated alkanes) is 9. The molecule has 1 fully saturated rings. The van der Waals surface area contributed by atoms with Crippen LogP contribution in [0.2, 0.25) is 0 Å². The van der Waals surface area contributed by atoms with Crippen molar-refractivity contribution in [1.29, 1.82) is 0 Å². The van der Waals surface area contributed by atoms with Gasteiger partial charge in [-0.2, -0.15) is 0 Å². The molecule has 1 heterocycles. The van der Waals surface area contributed by atoms with Crippen LogP contribution in [0.4, 0.5) is 11.4 Å². The van der Waals surface area contributed by atoms with E-state index < -0.39 is 0 Å². The van der Waals surface area contributed by atoms with E-state index in [1.165, 1.54) is 64.7 Å². The zero-order valence-electron chi connectivity index (χ0n) is 18.5. The molecule has 0 atom stereocenters. The molecule has 0 aliphatic carbocycles. The van der Waals surface area contributed by atoms with Gasteiger partial charge < -0.3 is 19.7 Å². The lowest BCUT2D eigenvalue weighted by atomic mass is 10.1. The molecule has 0 radical (unpaired) electrons. The van der Waals surface area contributed by atoms with Crippen LogP contribution in [-0.4, -0.2) is 38.8 Å².